The van der Waals surface area contributed by atoms with Gasteiger partial charge in [0.2, 0.25) is 5.91 Å². The second-order valence-electron chi connectivity index (χ2n) is 7.33. The van der Waals surface area contributed by atoms with Gasteiger partial charge in [-0.05, 0) is 23.3 Å². The SMILES string of the molecule is CN1C(=O)C[C@@]2(c3cn(C)c4ccccc34)c3ccccc3N(C)[C@@H]12. The lowest BCUT2D eigenvalue weighted by atomic mass is 9.73. The van der Waals surface area contributed by atoms with Crippen LogP contribution in [0.15, 0.2) is 54.7 Å². The maximum absolute atomic E-state index is 12.8. The van der Waals surface area contributed by atoms with Crippen LogP contribution in [0.4, 0.5) is 5.69 Å². The van der Waals surface area contributed by atoms with E-state index in [4.69, 9.17) is 0 Å². The summed E-state index contributed by atoms with van der Waals surface area (Å²) in [5, 5.41) is 1.24. The quantitative estimate of drug-likeness (QED) is 0.685. The summed E-state index contributed by atoms with van der Waals surface area (Å²) < 4.78 is 2.18. The largest absolute Gasteiger partial charge is 0.353 e. The van der Waals surface area contributed by atoms with Crippen LogP contribution >= 0.6 is 0 Å². The number of hydrogen-bond donors (Lipinski definition) is 0. The summed E-state index contributed by atoms with van der Waals surface area (Å²) in [6, 6.07) is 17.0. The fourth-order valence-electron chi connectivity index (χ4n) is 5.11. The van der Waals surface area contributed by atoms with Crippen LogP contribution in [0.3, 0.4) is 0 Å². The average molecular weight is 331 g/mol. The molecule has 1 saturated heterocycles. The van der Waals surface area contributed by atoms with Gasteiger partial charge in [0.15, 0.2) is 0 Å². The number of likely N-dealkylation sites (tertiary alicyclic amines) is 1. The zero-order valence-corrected chi connectivity index (χ0v) is 14.7. The van der Waals surface area contributed by atoms with Gasteiger partial charge in [-0.25, -0.2) is 0 Å². The molecular weight excluding hydrogens is 310 g/mol. The van der Waals surface area contributed by atoms with Gasteiger partial charge in [0.05, 0.1) is 5.41 Å². The Hall–Kier alpha value is -2.75. The van der Waals surface area contributed by atoms with E-state index in [0.29, 0.717) is 6.42 Å². The van der Waals surface area contributed by atoms with Crippen molar-refractivity contribution in [1.29, 1.82) is 0 Å². The number of aromatic nitrogens is 1. The predicted octanol–water partition coefficient (Wildman–Crippen LogP) is 3.10. The minimum atomic E-state index is -0.321. The Balaban J connectivity index is 1.89. The third-order valence-electron chi connectivity index (χ3n) is 6.14. The Labute approximate surface area is 147 Å². The lowest BCUT2D eigenvalue weighted by Crippen LogP contribution is -2.47. The van der Waals surface area contributed by atoms with Gasteiger partial charge in [0.1, 0.15) is 6.17 Å². The summed E-state index contributed by atoms with van der Waals surface area (Å²) in [6.45, 7) is 0. The molecule has 2 aromatic carbocycles. The molecular formula is C21H21N3O. The van der Waals surface area contributed by atoms with Crippen molar-refractivity contribution in [2.75, 3.05) is 19.0 Å². The highest BCUT2D eigenvalue weighted by atomic mass is 16.2. The van der Waals surface area contributed by atoms with Crippen molar-refractivity contribution in [2.24, 2.45) is 7.05 Å². The number of nitrogens with zero attached hydrogens (tertiary/aromatic N) is 3. The van der Waals surface area contributed by atoms with Gasteiger partial charge in [-0.1, -0.05) is 36.4 Å². The molecule has 25 heavy (non-hydrogen) atoms. The van der Waals surface area contributed by atoms with Crippen LogP contribution in [0.2, 0.25) is 0 Å². The van der Waals surface area contributed by atoms with E-state index in [1.807, 2.05) is 11.9 Å². The zero-order chi connectivity index (χ0) is 17.3. The molecule has 1 aromatic heterocycles. The number of rotatable bonds is 1. The number of fused-ring (bicyclic) bond motifs is 4. The summed E-state index contributed by atoms with van der Waals surface area (Å²) in [7, 11) is 6.12. The Morgan fingerprint density at radius 3 is 2.48 bits per heavy atom. The molecule has 1 fully saturated rings. The Kier molecular flexibility index (Phi) is 2.72. The number of likely N-dealkylation sites (N-methyl/N-ethyl adjacent to an activating group) is 2. The minimum absolute atomic E-state index is 0.0169. The summed E-state index contributed by atoms with van der Waals surface area (Å²) in [5.74, 6) is 0.208. The highest BCUT2D eigenvalue weighted by Gasteiger charge is 2.60. The molecule has 0 N–H and O–H groups in total. The maximum Gasteiger partial charge on any atom is 0.225 e. The second kappa shape index (κ2) is 4.66. The number of amides is 1. The summed E-state index contributed by atoms with van der Waals surface area (Å²) in [6.07, 6.45) is 2.76. The van der Waals surface area contributed by atoms with E-state index >= 15 is 0 Å². The molecule has 2 atom stereocenters. The van der Waals surface area contributed by atoms with E-state index in [9.17, 15) is 4.79 Å². The number of anilines is 1. The van der Waals surface area contributed by atoms with E-state index in [1.54, 1.807) is 0 Å². The number of hydrogen-bond acceptors (Lipinski definition) is 2. The van der Waals surface area contributed by atoms with E-state index in [0.717, 1.165) is 0 Å². The van der Waals surface area contributed by atoms with Gasteiger partial charge < -0.3 is 14.4 Å². The highest BCUT2D eigenvalue weighted by Crippen LogP contribution is 2.56. The molecule has 0 spiro atoms. The maximum atomic E-state index is 12.8. The molecule has 0 saturated carbocycles. The first-order valence-electron chi connectivity index (χ1n) is 8.68. The van der Waals surface area contributed by atoms with E-state index in [-0.39, 0.29) is 17.5 Å². The number of carbonyl (C=O) groups excluding carboxylic acids is 1. The lowest BCUT2D eigenvalue weighted by molar-refractivity contribution is -0.127. The second-order valence-corrected chi connectivity index (χ2v) is 7.33. The van der Waals surface area contributed by atoms with Crippen LogP contribution in [-0.4, -0.2) is 35.6 Å². The molecule has 0 unspecified atom stereocenters. The standard InChI is InChI=1S/C21H21N3O/c1-22-13-16(14-8-4-6-10-17(14)22)21-12-19(25)24(3)20(21)23(2)18-11-7-5-9-15(18)21/h4-11,13,20H,12H2,1-3H3/t20-,21-/m0/s1. The molecule has 0 radical (unpaired) electrons. The van der Waals surface area contributed by atoms with Crippen molar-refractivity contribution < 1.29 is 4.79 Å². The Morgan fingerprint density at radius 2 is 1.64 bits per heavy atom. The summed E-state index contributed by atoms with van der Waals surface area (Å²) in [4.78, 5) is 16.9. The van der Waals surface area contributed by atoms with Crippen molar-refractivity contribution in [3.8, 4) is 0 Å². The van der Waals surface area contributed by atoms with Crippen molar-refractivity contribution in [1.82, 2.24) is 9.47 Å². The van der Waals surface area contributed by atoms with E-state index in [1.165, 1.54) is 27.7 Å². The highest BCUT2D eigenvalue weighted by molar-refractivity contribution is 5.93. The number of para-hydroxylation sites is 2. The topological polar surface area (TPSA) is 28.5 Å². The van der Waals surface area contributed by atoms with Crippen molar-refractivity contribution in [3.63, 3.8) is 0 Å². The van der Waals surface area contributed by atoms with Gasteiger partial charge in [-0.3, -0.25) is 4.79 Å². The fourth-order valence-corrected chi connectivity index (χ4v) is 5.11. The molecule has 3 aromatic rings. The Morgan fingerprint density at radius 1 is 0.920 bits per heavy atom. The van der Waals surface area contributed by atoms with E-state index < -0.39 is 0 Å². The first-order chi connectivity index (χ1) is 12.1. The van der Waals surface area contributed by atoms with Crippen LogP contribution in [0.1, 0.15) is 17.5 Å². The number of benzene rings is 2. The lowest BCUT2D eigenvalue weighted by Gasteiger charge is -2.34. The van der Waals surface area contributed by atoms with Crippen molar-refractivity contribution >= 4 is 22.5 Å². The fraction of sp³-hybridized carbons (Fsp3) is 0.286. The van der Waals surface area contributed by atoms with Gasteiger partial charge in [-0.15, -0.1) is 0 Å². The van der Waals surface area contributed by atoms with Gasteiger partial charge in [-0.2, -0.15) is 0 Å². The van der Waals surface area contributed by atoms with Gasteiger partial charge in [0.25, 0.3) is 0 Å². The molecule has 3 heterocycles. The minimum Gasteiger partial charge on any atom is -0.353 e. The summed E-state index contributed by atoms with van der Waals surface area (Å²) in [5.41, 5.74) is 4.62. The predicted molar refractivity (Wildman–Crippen MR) is 99.7 cm³/mol. The third-order valence-corrected chi connectivity index (χ3v) is 6.14. The third kappa shape index (κ3) is 1.60. The van der Waals surface area contributed by atoms with Gasteiger partial charge >= 0.3 is 0 Å². The molecule has 5 rings (SSSR count). The summed E-state index contributed by atoms with van der Waals surface area (Å²) >= 11 is 0. The van der Waals surface area contributed by atoms with Crippen LogP contribution < -0.4 is 4.90 Å². The molecule has 2 aliphatic rings. The molecule has 4 nitrogen and oxygen atoms in total. The van der Waals surface area contributed by atoms with Crippen molar-refractivity contribution in [3.05, 3.63) is 65.9 Å². The van der Waals surface area contributed by atoms with E-state index in [2.05, 4.69) is 78.3 Å². The monoisotopic (exact) mass is 331 g/mol. The molecule has 4 heteroatoms. The first kappa shape index (κ1) is 14.6. The Bertz CT molecular complexity index is 1020. The normalized spacial score (nSPS) is 24.9. The molecule has 0 aliphatic carbocycles. The first-order valence-corrected chi connectivity index (χ1v) is 8.68. The van der Waals surface area contributed by atoms with Crippen LogP contribution in [-0.2, 0) is 17.3 Å². The van der Waals surface area contributed by atoms with Crippen LogP contribution in [0, 0.1) is 0 Å². The smallest absolute Gasteiger partial charge is 0.225 e. The van der Waals surface area contributed by atoms with Crippen molar-refractivity contribution in [2.45, 2.75) is 18.0 Å². The number of carbonyl (C=O) groups is 1. The average Bonchev–Trinajstić information content (AvgIpc) is 3.19. The molecule has 0 bridgehead atoms. The zero-order valence-electron chi connectivity index (χ0n) is 14.7. The molecule has 1 amide bonds. The van der Waals surface area contributed by atoms with Gasteiger partial charge in [0, 0.05) is 50.4 Å². The molecule has 2 aliphatic heterocycles. The van der Waals surface area contributed by atoms with Crippen LogP contribution in [0.5, 0.6) is 0 Å². The van der Waals surface area contributed by atoms with Crippen LogP contribution in [0.25, 0.3) is 10.9 Å². The molecule has 126 valence electrons. The number of aryl methyl sites for hydroxylation is 1.